The molecule has 20 heavy (non-hydrogen) atoms. The summed E-state index contributed by atoms with van der Waals surface area (Å²) < 4.78 is 5.70. The van der Waals surface area contributed by atoms with E-state index in [4.69, 9.17) is 16.3 Å². The third-order valence-corrected chi connectivity index (χ3v) is 4.02. The fourth-order valence-electron chi connectivity index (χ4n) is 2.51. The van der Waals surface area contributed by atoms with Crippen LogP contribution in [0, 0.1) is 6.92 Å². The first-order valence-electron chi connectivity index (χ1n) is 6.72. The van der Waals surface area contributed by atoms with Crippen molar-refractivity contribution in [3.8, 4) is 5.75 Å². The van der Waals surface area contributed by atoms with Crippen LogP contribution < -0.4 is 4.74 Å². The highest BCUT2D eigenvalue weighted by molar-refractivity contribution is 6.31. The monoisotopic (exact) mass is 286 g/mol. The topological polar surface area (TPSA) is 26.3 Å². The molecule has 3 rings (SSSR count). The summed E-state index contributed by atoms with van der Waals surface area (Å²) in [5.41, 5.74) is 3.31. The highest BCUT2D eigenvalue weighted by Crippen LogP contribution is 2.31. The van der Waals surface area contributed by atoms with Gasteiger partial charge in [0.25, 0.3) is 0 Å². The predicted molar refractivity (Wildman–Crippen MR) is 79.9 cm³/mol. The Morgan fingerprint density at radius 3 is 2.90 bits per heavy atom. The molecule has 0 spiro atoms. The van der Waals surface area contributed by atoms with E-state index in [1.54, 1.807) is 12.1 Å². The summed E-state index contributed by atoms with van der Waals surface area (Å²) in [6, 6.07) is 11.1. The molecule has 0 amide bonds. The minimum absolute atomic E-state index is 0.0106. The molecule has 0 radical (unpaired) electrons. The quantitative estimate of drug-likeness (QED) is 0.773. The van der Waals surface area contributed by atoms with E-state index in [0.717, 1.165) is 29.7 Å². The van der Waals surface area contributed by atoms with Crippen molar-refractivity contribution in [2.45, 2.75) is 19.8 Å². The Bertz CT molecular complexity index is 677. The van der Waals surface area contributed by atoms with Crippen LogP contribution in [0.4, 0.5) is 0 Å². The number of rotatable bonds is 2. The molecule has 2 aromatic carbocycles. The van der Waals surface area contributed by atoms with Gasteiger partial charge < -0.3 is 4.74 Å². The third kappa shape index (κ3) is 2.32. The number of fused-ring (bicyclic) bond motifs is 1. The van der Waals surface area contributed by atoms with Crippen molar-refractivity contribution < 1.29 is 9.53 Å². The molecule has 0 saturated carbocycles. The molecule has 3 heteroatoms. The van der Waals surface area contributed by atoms with Crippen LogP contribution in [-0.4, -0.2) is 12.4 Å². The Kier molecular flexibility index (Phi) is 3.49. The minimum atomic E-state index is -0.0106. The van der Waals surface area contributed by atoms with Crippen molar-refractivity contribution >= 4 is 17.4 Å². The maximum absolute atomic E-state index is 12.7. The van der Waals surface area contributed by atoms with Crippen LogP contribution in [0.15, 0.2) is 36.4 Å². The third-order valence-electron chi connectivity index (χ3n) is 3.60. The van der Waals surface area contributed by atoms with Gasteiger partial charge in [0.15, 0.2) is 5.78 Å². The van der Waals surface area contributed by atoms with Crippen LogP contribution in [-0.2, 0) is 6.42 Å². The van der Waals surface area contributed by atoms with E-state index in [1.165, 1.54) is 0 Å². The van der Waals surface area contributed by atoms with E-state index in [0.29, 0.717) is 22.8 Å². The number of hydrogen-bond donors (Lipinski definition) is 0. The average Bonchev–Trinajstić information content (AvgIpc) is 2.49. The lowest BCUT2D eigenvalue weighted by atomic mass is 9.96. The molecule has 1 heterocycles. The minimum Gasteiger partial charge on any atom is -0.493 e. The Morgan fingerprint density at radius 2 is 2.10 bits per heavy atom. The van der Waals surface area contributed by atoms with E-state index >= 15 is 0 Å². The first-order chi connectivity index (χ1) is 9.66. The van der Waals surface area contributed by atoms with Crippen molar-refractivity contribution in [2.75, 3.05) is 6.61 Å². The van der Waals surface area contributed by atoms with Gasteiger partial charge in [0.05, 0.1) is 12.2 Å². The Balaban J connectivity index is 2.04. The molecule has 2 nitrogen and oxygen atoms in total. The Morgan fingerprint density at radius 1 is 1.25 bits per heavy atom. The smallest absolute Gasteiger partial charge is 0.196 e. The molecule has 0 fully saturated rings. The van der Waals surface area contributed by atoms with E-state index in [1.807, 2.05) is 31.2 Å². The second-order valence-electron chi connectivity index (χ2n) is 5.04. The molecule has 0 unspecified atom stereocenters. The van der Waals surface area contributed by atoms with E-state index < -0.39 is 0 Å². The fourth-order valence-corrected chi connectivity index (χ4v) is 2.63. The van der Waals surface area contributed by atoms with Crippen molar-refractivity contribution in [1.29, 1.82) is 0 Å². The summed E-state index contributed by atoms with van der Waals surface area (Å²) in [4.78, 5) is 12.7. The summed E-state index contributed by atoms with van der Waals surface area (Å²) >= 11 is 6.01. The normalized spacial score (nSPS) is 13.5. The van der Waals surface area contributed by atoms with Gasteiger partial charge in [0.2, 0.25) is 0 Å². The van der Waals surface area contributed by atoms with Gasteiger partial charge in [-0.1, -0.05) is 23.7 Å². The first kappa shape index (κ1) is 13.2. The summed E-state index contributed by atoms with van der Waals surface area (Å²) in [5.74, 6) is 0.736. The molecule has 0 N–H and O–H groups in total. The standard InChI is InChI=1S/C17H15ClO2/c1-11-10-13(7-8-15(11)18)16(19)14-6-2-4-12-5-3-9-20-17(12)14/h2,4,6-8,10H,3,5,9H2,1H3. The second kappa shape index (κ2) is 5.29. The number of halogens is 1. The molecule has 0 saturated heterocycles. The molecule has 0 aromatic heterocycles. The first-order valence-corrected chi connectivity index (χ1v) is 7.10. The van der Waals surface area contributed by atoms with Gasteiger partial charge in [-0.3, -0.25) is 4.79 Å². The molecule has 0 atom stereocenters. The zero-order valence-electron chi connectivity index (χ0n) is 11.3. The summed E-state index contributed by atoms with van der Waals surface area (Å²) in [5, 5.41) is 0.674. The van der Waals surface area contributed by atoms with Gasteiger partial charge in [0, 0.05) is 10.6 Å². The molecule has 0 aliphatic carbocycles. The number of benzene rings is 2. The number of carbonyl (C=O) groups is 1. The van der Waals surface area contributed by atoms with E-state index in [2.05, 4.69) is 0 Å². The summed E-state index contributed by atoms with van der Waals surface area (Å²) in [6.07, 6.45) is 1.97. The SMILES string of the molecule is Cc1cc(C(=O)c2cccc3c2OCCC3)ccc1Cl. The fraction of sp³-hybridized carbons (Fsp3) is 0.235. The van der Waals surface area contributed by atoms with Crippen LogP contribution in [0.3, 0.4) is 0 Å². The number of carbonyl (C=O) groups excluding carboxylic acids is 1. The van der Waals surface area contributed by atoms with Crippen LogP contribution >= 0.6 is 11.6 Å². The predicted octanol–water partition coefficient (Wildman–Crippen LogP) is 4.20. The van der Waals surface area contributed by atoms with Crippen LogP contribution in [0.5, 0.6) is 5.75 Å². The lowest BCUT2D eigenvalue weighted by Gasteiger charge is -2.19. The van der Waals surface area contributed by atoms with Crippen LogP contribution in [0.1, 0.15) is 33.5 Å². The molecular formula is C17H15ClO2. The van der Waals surface area contributed by atoms with Crippen LogP contribution in [0.25, 0.3) is 0 Å². The van der Waals surface area contributed by atoms with Crippen molar-refractivity contribution in [1.82, 2.24) is 0 Å². The zero-order valence-corrected chi connectivity index (χ0v) is 12.0. The Labute approximate surface area is 123 Å². The van der Waals surface area contributed by atoms with Gasteiger partial charge >= 0.3 is 0 Å². The molecule has 102 valence electrons. The maximum atomic E-state index is 12.7. The van der Waals surface area contributed by atoms with Gasteiger partial charge in [-0.15, -0.1) is 0 Å². The molecule has 0 bridgehead atoms. The van der Waals surface area contributed by atoms with E-state index in [-0.39, 0.29) is 5.78 Å². The maximum Gasteiger partial charge on any atom is 0.196 e. The number of aryl methyl sites for hydroxylation is 2. The molecule has 2 aromatic rings. The molecule has 1 aliphatic heterocycles. The summed E-state index contributed by atoms with van der Waals surface area (Å²) in [7, 11) is 0. The van der Waals surface area contributed by atoms with Gasteiger partial charge in [0.1, 0.15) is 5.75 Å². The van der Waals surface area contributed by atoms with Crippen molar-refractivity contribution in [2.24, 2.45) is 0 Å². The van der Waals surface area contributed by atoms with Crippen molar-refractivity contribution in [3.05, 3.63) is 63.7 Å². The number of ketones is 1. The second-order valence-corrected chi connectivity index (χ2v) is 5.45. The average molecular weight is 287 g/mol. The number of para-hydroxylation sites is 1. The van der Waals surface area contributed by atoms with E-state index in [9.17, 15) is 4.79 Å². The highest BCUT2D eigenvalue weighted by Gasteiger charge is 2.20. The van der Waals surface area contributed by atoms with Crippen molar-refractivity contribution in [3.63, 3.8) is 0 Å². The Hall–Kier alpha value is -1.80. The number of ether oxygens (including phenoxy) is 1. The van der Waals surface area contributed by atoms with Gasteiger partial charge in [-0.05, 0) is 55.2 Å². The van der Waals surface area contributed by atoms with Gasteiger partial charge in [-0.2, -0.15) is 0 Å². The molecular weight excluding hydrogens is 272 g/mol. The highest BCUT2D eigenvalue weighted by atomic mass is 35.5. The largest absolute Gasteiger partial charge is 0.493 e. The van der Waals surface area contributed by atoms with Gasteiger partial charge in [-0.25, -0.2) is 0 Å². The zero-order chi connectivity index (χ0) is 14.1. The molecule has 1 aliphatic rings. The lowest BCUT2D eigenvalue weighted by molar-refractivity contribution is 0.103. The number of hydrogen-bond acceptors (Lipinski definition) is 2. The lowest BCUT2D eigenvalue weighted by Crippen LogP contribution is -2.13. The summed E-state index contributed by atoms with van der Waals surface area (Å²) in [6.45, 7) is 2.58. The van der Waals surface area contributed by atoms with Crippen LogP contribution in [0.2, 0.25) is 5.02 Å².